The number of methoxy groups -OCH3 is 2. The highest BCUT2D eigenvalue weighted by molar-refractivity contribution is 6.12. The molecule has 3 rings (SSSR count). The molecule has 5 heteroatoms. The van der Waals surface area contributed by atoms with Gasteiger partial charge in [-0.3, -0.25) is 9.78 Å². The van der Waals surface area contributed by atoms with Gasteiger partial charge < -0.3 is 14.5 Å². The molecule has 0 spiro atoms. The number of hydrogen-bond acceptors (Lipinski definition) is 4. The Balaban J connectivity index is 2.03. The van der Waals surface area contributed by atoms with Gasteiger partial charge in [-0.05, 0) is 29.8 Å². The zero-order valence-corrected chi connectivity index (χ0v) is 12.9. The Morgan fingerprint density at radius 2 is 1.91 bits per heavy atom. The van der Waals surface area contributed by atoms with E-state index in [1.54, 1.807) is 51.1 Å². The second-order valence-electron chi connectivity index (χ2n) is 4.92. The first-order valence-corrected chi connectivity index (χ1v) is 7.08. The summed E-state index contributed by atoms with van der Waals surface area (Å²) in [6, 6.07) is 9.06. The minimum Gasteiger partial charge on any atom is -0.493 e. The summed E-state index contributed by atoms with van der Waals surface area (Å²) >= 11 is 0. The van der Waals surface area contributed by atoms with Gasteiger partial charge in [0.1, 0.15) is 0 Å². The van der Waals surface area contributed by atoms with Gasteiger partial charge in [-0.2, -0.15) is 0 Å². The Kier molecular flexibility index (Phi) is 4.10. The number of pyridine rings is 1. The molecule has 116 valence electrons. The molecule has 0 saturated carbocycles. The quantitative estimate of drug-likeness (QED) is 0.734. The highest BCUT2D eigenvalue weighted by Gasteiger charge is 2.17. The minimum absolute atomic E-state index is 0.0795. The SMILES string of the molecule is COc1ccc(-c2c[nH]cc2C(=O)c2cccnc2)cc1OC. The molecule has 0 aliphatic carbocycles. The molecule has 0 saturated heterocycles. The van der Waals surface area contributed by atoms with Crippen molar-refractivity contribution in [1.29, 1.82) is 0 Å². The number of aromatic nitrogens is 2. The van der Waals surface area contributed by atoms with Crippen molar-refractivity contribution < 1.29 is 14.3 Å². The lowest BCUT2D eigenvalue weighted by Crippen LogP contribution is -2.02. The van der Waals surface area contributed by atoms with Crippen molar-refractivity contribution in [1.82, 2.24) is 9.97 Å². The van der Waals surface area contributed by atoms with Crippen molar-refractivity contribution in [3.63, 3.8) is 0 Å². The normalized spacial score (nSPS) is 10.3. The fraction of sp³-hybridized carbons (Fsp3) is 0.111. The molecule has 0 unspecified atom stereocenters. The van der Waals surface area contributed by atoms with Gasteiger partial charge in [-0.25, -0.2) is 0 Å². The number of carbonyl (C=O) groups excluding carboxylic acids is 1. The predicted molar refractivity (Wildman–Crippen MR) is 87.0 cm³/mol. The number of aromatic amines is 1. The summed E-state index contributed by atoms with van der Waals surface area (Å²) in [7, 11) is 3.17. The van der Waals surface area contributed by atoms with Crippen LogP contribution in [0.25, 0.3) is 11.1 Å². The molecule has 3 aromatic rings. The van der Waals surface area contributed by atoms with Crippen LogP contribution >= 0.6 is 0 Å². The summed E-state index contributed by atoms with van der Waals surface area (Å²) in [5.74, 6) is 1.18. The maximum Gasteiger partial charge on any atom is 0.196 e. The molecule has 0 atom stereocenters. The number of benzene rings is 1. The number of ketones is 1. The van der Waals surface area contributed by atoms with E-state index in [0.29, 0.717) is 22.6 Å². The van der Waals surface area contributed by atoms with Gasteiger partial charge in [-0.1, -0.05) is 6.07 Å². The van der Waals surface area contributed by atoms with Crippen LogP contribution in [0.3, 0.4) is 0 Å². The van der Waals surface area contributed by atoms with E-state index in [-0.39, 0.29) is 5.78 Å². The van der Waals surface area contributed by atoms with Crippen LogP contribution in [0.2, 0.25) is 0 Å². The van der Waals surface area contributed by atoms with E-state index < -0.39 is 0 Å². The van der Waals surface area contributed by atoms with Crippen LogP contribution in [0.15, 0.2) is 55.1 Å². The van der Waals surface area contributed by atoms with Gasteiger partial charge in [0.15, 0.2) is 17.3 Å². The van der Waals surface area contributed by atoms with Crippen molar-refractivity contribution in [3.05, 3.63) is 66.2 Å². The third-order valence-electron chi connectivity index (χ3n) is 3.61. The second kappa shape index (κ2) is 6.36. The molecule has 0 aliphatic rings. The first-order valence-electron chi connectivity index (χ1n) is 7.08. The molecular formula is C18H16N2O3. The number of ether oxygens (including phenoxy) is 2. The van der Waals surface area contributed by atoms with Gasteiger partial charge in [0.25, 0.3) is 0 Å². The summed E-state index contributed by atoms with van der Waals surface area (Å²) in [6.45, 7) is 0. The molecule has 0 bridgehead atoms. The Labute approximate surface area is 133 Å². The van der Waals surface area contributed by atoms with E-state index in [2.05, 4.69) is 9.97 Å². The first-order chi connectivity index (χ1) is 11.2. The van der Waals surface area contributed by atoms with E-state index in [0.717, 1.165) is 11.1 Å². The molecular weight excluding hydrogens is 292 g/mol. The maximum absolute atomic E-state index is 12.7. The van der Waals surface area contributed by atoms with Crippen LogP contribution in [-0.2, 0) is 0 Å². The summed E-state index contributed by atoms with van der Waals surface area (Å²) in [6.07, 6.45) is 6.70. The topological polar surface area (TPSA) is 64.2 Å². The molecule has 0 amide bonds. The van der Waals surface area contributed by atoms with Crippen molar-refractivity contribution in [2.75, 3.05) is 14.2 Å². The number of nitrogens with zero attached hydrogens (tertiary/aromatic N) is 1. The lowest BCUT2D eigenvalue weighted by molar-refractivity contribution is 0.103. The molecule has 0 fully saturated rings. The highest BCUT2D eigenvalue weighted by Crippen LogP contribution is 2.34. The summed E-state index contributed by atoms with van der Waals surface area (Å²) < 4.78 is 10.6. The van der Waals surface area contributed by atoms with Crippen LogP contribution in [0.4, 0.5) is 0 Å². The van der Waals surface area contributed by atoms with Gasteiger partial charge in [-0.15, -0.1) is 0 Å². The summed E-state index contributed by atoms with van der Waals surface area (Å²) in [5, 5.41) is 0. The highest BCUT2D eigenvalue weighted by atomic mass is 16.5. The number of carbonyl (C=O) groups is 1. The Hall–Kier alpha value is -3.08. The van der Waals surface area contributed by atoms with Gasteiger partial charge >= 0.3 is 0 Å². The zero-order valence-electron chi connectivity index (χ0n) is 12.9. The van der Waals surface area contributed by atoms with E-state index in [9.17, 15) is 4.79 Å². The molecule has 1 N–H and O–H groups in total. The summed E-state index contributed by atoms with van der Waals surface area (Å²) in [4.78, 5) is 19.7. The average Bonchev–Trinajstić information content (AvgIpc) is 3.10. The standard InChI is InChI=1S/C18H16N2O3/c1-22-16-6-5-12(8-17(16)23-2)14-10-20-11-15(14)18(21)13-4-3-7-19-9-13/h3-11,20H,1-2H3. The van der Waals surface area contributed by atoms with E-state index in [4.69, 9.17) is 9.47 Å². The van der Waals surface area contributed by atoms with Gasteiger partial charge in [0.05, 0.1) is 14.2 Å². The lowest BCUT2D eigenvalue weighted by Gasteiger charge is -2.10. The van der Waals surface area contributed by atoms with Crippen LogP contribution < -0.4 is 9.47 Å². The second-order valence-corrected chi connectivity index (χ2v) is 4.92. The van der Waals surface area contributed by atoms with Crippen molar-refractivity contribution in [2.45, 2.75) is 0 Å². The third kappa shape index (κ3) is 2.81. The van der Waals surface area contributed by atoms with Crippen LogP contribution in [0.5, 0.6) is 11.5 Å². The number of H-pyrrole nitrogens is 1. The Morgan fingerprint density at radius 3 is 2.61 bits per heavy atom. The molecule has 2 heterocycles. The predicted octanol–water partition coefficient (Wildman–Crippen LogP) is 3.32. The Bertz CT molecular complexity index is 825. The molecule has 23 heavy (non-hydrogen) atoms. The summed E-state index contributed by atoms with van der Waals surface area (Å²) in [5.41, 5.74) is 2.81. The molecule has 1 aromatic carbocycles. The lowest BCUT2D eigenvalue weighted by atomic mass is 9.98. The fourth-order valence-electron chi connectivity index (χ4n) is 2.45. The monoisotopic (exact) mass is 308 g/mol. The molecule has 0 radical (unpaired) electrons. The smallest absolute Gasteiger partial charge is 0.196 e. The van der Waals surface area contributed by atoms with Gasteiger partial charge in [0.2, 0.25) is 0 Å². The van der Waals surface area contributed by atoms with E-state index >= 15 is 0 Å². The molecule has 2 aromatic heterocycles. The van der Waals surface area contributed by atoms with Crippen molar-refractivity contribution in [3.8, 4) is 22.6 Å². The van der Waals surface area contributed by atoms with Crippen LogP contribution in [-0.4, -0.2) is 30.0 Å². The fourth-order valence-corrected chi connectivity index (χ4v) is 2.45. The van der Waals surface area contributed by atoms with Gasteiger partial charge in [0, 0.05) is 41.5 Å². The molecule has 0 aliphatic heterocycles. The first kappa shape index (κ1) is 14.8. The molecule has 5 nitrogen and oxygen atoms in total. The third-order valence-corrected chi connectivity index (χ3v) is 3.61. The number of hydrogen-bond donors (Lipinski definition) is 1. The average molecular weight is 308 g/mol. The van der Waals surface area contributed by atoms with E-state index in [1.165, 1.54) is 0 Å². The van der Waals surface area contributed by atoms with Crippen molar-refractivity contribution in [2.24, 2.45) is 0 Å². The largest absolute Gasteiger partial charge is 0.493 e. The van der Waals surface area contributed by atoms with E-state index in [1.807, 2.05) is 18.2 Å². The number of rotatable bonds is 5. The van der Waals surface area contributed by atoms with Crippen molar-refractivity contribution >= 4 is 5.78 Å². The van der Waals surface area contributed by atoms with Crippen LogP contribution in [0, 0.1) is 0 Å². The number of nitrogens with one attached hydrogen (secondary N) is 1. The minimum atomic E-state index is -0.0795. The van der Waals surface area contributed by atoms with Crippen LogP contribution in [0.1, 0.15) is 15.9 Å². The maximum atomic E-state index is 12.7. The Morgan fingerprint density at radius 1 is 1.09 bits per heavy atom. The zero-order chi connectivity index (χ0) is 16.2.